The summed E-state index contributed by atoms with van der Waals surface area (Å²) in [5.41, 5.74) is 2.15. The second-order valence-electron chi connectivity index (χ2n) is 14.8. The Labute approximate surface area is 272 Å². The number of aliphatic hydroxyl groups is 1. The first-order valence-corrected chi connectivity index (χ1v) is 16.7. The highest BCUT2D eigenvalue weighted by atomic mass is 16.7. The number of methoxy groups -OCH3 is 1. The van der Waals surface area contributed by atoms with Gasteiger partial charge in [-0.3, -0.25) is 0 Å². The van der Waals surface area contributed by atoms with Crippen LogP contribution in [0.25, 0.3) is 0 Å². The number of carbonyl (C=O) groups is 2. The predicted molar refractivity (Wildman–Crippen MR) is 169 cm³/mol. The third kappa shape index (κ3) is 4.63. The second-order valence-corrected chi connectivity index (χ2v) is 14.8. The van der Waals surface area contributed by atoms with E-state index in [4.69, 9.17) is 28.1 Å². The van der Waals surface area contributed by atoms with Crippen LogP contribution in [0, 0.1) is 28.1 Å². The van der Waals surface area contributed by atoms with Crippen molar-refractivity contribution < 1.29 is 42.8 Å². The molecular formula is C37H50O9. The average molecular weight is 639 g/mol. The van der Waals surface area contributed by atoms with Crippen molar-refractivity contribution >= 4 is 11.9 Å². The van der Waals surface area contributed by atoms with E-state index < -0.39 is 58.9 Å². The Morgan fingerprint density at radius 2 is 1.70 bits per heavy atom. The molecule has 0 spiro atoms. The highest BCUT2D eigenvalue weighted by molar-refractivity contribution is 5.88. The van der Waals surface area contributed by atoms with Crippen molar-refractivity contribution in [1.82, 2.24) is 0 Å². The molecule has 0 unspecified atom stereocenters. The van der Waals surface area contributed by atoms with Gasteiger partial charge in [-0.1, -0.05) is 38.5 Å². The summed E-state index contributed by atoms with van der Waals surface area (Å²) in [6.45, 7) is 16.0. The SMILES string of the molecule is C/C=C(\C)C(=O)O[C@@H]1[C@@H]2OC[C@]3(C)[C@H](O)C[C@H](OC(=O)/C(C)=C/C)[C@@](C)([C@@H]23)[C@H]2C[C@H](OC)O[C@H]3C[C@@H](c4ccoc4)C(C)=C3[C@]12C. The zero-order valence-electron chi connectivity index (χ0n) is 28.6. The quantitative estimate of drug-likeness (QED) is 0.227. The lowest BCUT2D eigenvalue weighted by Crippen LogP contribution is -2.72. The van der Waals surface area contributed by atoms with Crippen molar-refractivity contribution in [2.45, 2.75) is 117 Å². The molecule has 0 bridgehead atoms. The zero-order valence-corrected chi connectivity index (χ0v) is 28.6. The van der Waals surface area contributed by atoms with Gasteiger partial charge < -0.3 is 33.2 Å². The highest BCUT2D eigenvalue weighted by Gasteiger charge is 2.77. The van der Waals surface area contributed by atoms with E-state index in [0.717, 1.165) is 16.7 Å². The molecule has 9 nitrogen and oxygen atoms in total. The first-order valence-electron chi connectivity index (χ1n) is 16.7. The Hall–Kier alpha value is -2.72. The number of rotatable bonds is 6. The number of hydrogen-bond donors (Lipinski definition) is 1. The van der Waals surface area contributed by atoms with Gasteiger partial charge in [0, 0.05) is 59.2 Å². The van der Waals surface area contributed by atoms with Crippen molar-refractivity contribution in [3.8, 4) is 0 Å². The molecule has 0 amide bonds. The largest absolute Gasteiger partial charge is 0.472 e. The Morgan fingerprint density at radius 1 is 1.02 bits per heavy atom. The number of hydrogen-bond acceptors (Lipinski definition) is 9. The van der Waals surface area contributed by atoms with Crippen LogP contribution < -0.4 is 0 Å². The summed E-state index contributed by atoms with van der Waals surface area (Å²) in [6, 6.07) is 1.99. The average Bonchev–Trinajstić information content (AvgIpc) is 3.75. The molecule has 9 heteroatoms. The predicted octanol–water partition coefficient (Wildman–Crippen LogP) is 6.03. The van der Waals surface area contributed by atoms with Crippen LogP contribution in [-0.4, -0.2) is 67.6 Å². The number of aliphatic hydroxyl groups excluding tert-OH is 1. The molecule has 46 heavy (non-hydrogen) atoms. The van der Waals surface area contributed by atoms with Gasteiger partial charge in [0.15, 0.2) is 6.29 Å². The van der Waals surface area contributed by atoms with Crippen LogP contribution in [0.2, 0.25) is 0 Å². The van der Waals surface area contributed by atoms with Crippen LogP contribution >= 0.6 is 0 Å². The molecule has 4 fully saturated rings. The van der Waals surface area contributed by atoms with Crippen molar-refractivity contribution in [3.63, 3.8) is 0 Å². The number of fused-ring (bicyclic) bond motifs is 4. The van der Waals surface area contributed by atoms with Gasteiger partial charge in [0.25, 0.3) is 0 Å². The van der Waals surface area contributed by atoms with Gasteiger partial charge in [0.1, 0.15) is 12.2 Å². The lowest BCUT2D eigenvalue weighted by molar-refractivity contribution is -0.260. The number of furan rings is 1. The molecule has 0 aromatic carbocycles. The first kappa shape index (κ1) is 33.2. The van der Waals surface area contributed by atoms with E-state index in [1.165, 1.54) is 0 Å². The van der Waals surface area contributed by atoms with E-state index in [2.05, 4.69) is 27.7 Å². The van der Waals surface area contributed by atoms with Gasteiger partial charge in [0.2, 0.25) is 0 Å². The fourth-order valence-electron chi connectivity index (χ4n) is 10.2. The van der Waals surface area contributed by atoms with E-state index in [-0.39, 0.29) is 30.3 Å². The minimum atomic E-state index is -0.798. The van der Waals surface area contributed by atoms with Crippen molar-refractivity contribution in [3.05, 3.63) is 58.6 Å². The maximum atomic E-state index is 13.7. The standard InChI is InChI=1S/C37H50O9/c1-10-19(3)33(39)45-27-16-26(38)35(6)18-43-30-31(35)36(27,7)25-15-28(41-9)44-24-14-23(22-12-13-42-17-22)21(5)29(24)37(25,8)32(30)46-34(40)20(4)11-2/h10-13,17,23-28,30-32,38H,14-16,18H2,1-9H3/b19-10+,20-11+/t23-,24+,25-,26-,27+,28-,30-,31+,32-,35-,36+,37-/m1/s1. The molecule has 0 radical (unpaired) electrons. The highest BCUT2D eigenvalue weighted by Crippen LogP contribution is 2.72. The molecule has 1 aromatic rings. The van der Waals surface area contributed by atoms with Crippen LogP contribution in [0.1, 0.15) is 86.1 Å². The fraction of sp³-hybridized carbons (Fsp3) is 0.676. The second kappa shape index (κ2) is 11.8. The van der Waals surface area contributed by atoms with Gasteiger partial charge in [-0.25, -0.2) is 9.59 Å². The molecule has 6 rings (SSSR count). The Kier molecular flexibility index (Phi) is 8.48. The molecule has 1 N–H and O–H groups in total. The van der Waals surface area contributed by atoms with Crippen LogP contribution in [0.5, 0.6) is 0 Å². The minimum absolute atomic E-state index is 0.0416. The number of esters is 2. The van der Waals surface area contributed by atoms with Crippen LogP contribution in [0.15, 0.2) is 57.5 Å². The van der Waals surface area contributed by atoms with Gasteiger partial charge in [-0.05, 0) is 64.2 Å². The normalized spacial score (nSPS) is 43.8. The van der Waals surface area contributed by atoms with E-state index in [0.29, 0.717) is 30.6 Å². The lowest BCUT2D eigenvalue weighted by Gasteiger charge is -2.66. The third-order valence-electron chi connectivity index (χ3n) is 12.8. The van der Waals surface area contributed by atoms with E-state index >= 15 is 0 Å². The van der Waals surface area contributed by atoms with Crippen molar-refractivity contribution in [2.24, 2.45) is 28.1 Å². The number of carbonyl (C=O) groups excluding carboxylic acids is 2. The molecule has 2 aliphatic heterocycles. The van der Waals surface area contributed by atoms with Crippen LogP contribution in [0.3, 0.4) is 0 Å². The van der Waals surface area contributed by atoms with E-state index in [1.807, 2.05) is 19.9 Å². The van der Waals surface area contributed by atoms with E-state index in [9.17, 15) is 14.7 Å². The summed E-state index contributed by atoms with van der Waals surface area (Å²) in [5, 5.41) is 11.8. The lowest BCUT2D eigenvalue weighted by atomic mass is 9.39. The molecule has 252 valence electrons. The fourth-order valence-corrected chi connectivity index (χ4v) is 10.2. The minimum Gasteiger partial charge on any atom is -0.472 e. The summed E-state index contributed by atoms with van der Waals surface area (Å²) in [7, 11) is 1.66. The topological polar surface area (TPSA) is 114 Å². The summed E-state index contributed by atoms with van der Waals surface area (Å²) < 4.78 is 38.1. The number of allylic oxidation sites excluding steroid dienone is 3. The summed E-state index contributed by atoms with van der Waals surface area (Å²) in [4.78, 5) is 27.1. The smallest absolute Gasteiger partial charge is 0.333 e. The van der Waals surface area contributed by atoms with Gasteiger partial charge in [0.05, 0.1) is 37.4 Å². The summed E-state index contributed by atoms with van der Waals surface area (Å²) >= 11 is 0. The van der Waals surface area contributed by atoms with Gasteiger partial charge >= 0.3 is 11.9 Å². The Morgan fingerprint density at radius 3 is 2.30 bits per heavy atom. The maximum absolute atomic E-state index is 13.7. The Balaban J connectivity index is 1.61. The maximum Gasteiger partial charge on any atom is 0.333 e. The molecule has 2 saturated carbocycles. The van der Waals surface area contributed by atoms with E-state index in [1.54, 1.807) is 45.6 Å². The Bertz CT molecular complexity index is 1460. The molecule has 12 atom stereocenters. The molecule has 3 aliphatic carbocycles. The van der Waals surface area contributed by atoms with Crippen LogP contribution in [-0.2, 0) is 33.3 Å². The monoisotopic (exact) mass is 638 g/mol. The van der Waals surface area contributed by atoms with Crippen molar-refractivity contribution in [1.29, 1.82) is 0 Å². The third-order valence-corrected chi connectivity index (χ3v) is 12.8. The van der Waals surface area contributed by atoms with Gasteiger partial charge in [-0.2, -0.15) is 0 Å². The molecule has 1 aromatic heterocycles. The van der Waals surface area contributed by atoms with Gasteiger partial charge in [-0.15, -0.1) is 0 Å². The molecule has 2 saturated heterocycles. The molecular weight excluding hydrogens is 588 g/mol. The zero-order chi connectivity index (χ0) is 33.3. The molecule has 3 heterocycles. The van der Waals surface area contributed by atoms with Crippen molar-refractivity contribution in [2.75, 3.05) is 13.7 Å². The summed E-state index contributed by atoms with van der Waals surface area (Å²) in [5.74, 6) is -1.30. The van der Waals surface area contributed by atoms with Crippen LogP contribution in [0.4, 0.5) is 0 Å². The molecule has 5 aliphatic rings. The first-order chi connectivity index (χ1) is 21.8. The summed E-state index contributed by atoms with van der Waals surface area (Å²) in [6.07, 6.45) is 4.87. The number of ether oxygens (including phenoxy) is 5.